The molecule has 19 heteroatoms. The first-order valence-corrected chi connectivity index (χ1v) is 77.7. The van der Waals surface area contributed by atoms with E-state index < -0.39 is 0 Å². The number of unbranched alkanes of at least 4 members (excludes halogenated alkanes) is 15. The van der Waals surface area contributed by atoms with Crippen molar-refractivity contribution in [3.63, 3.8) is 0 Å². The van der Waals surface area contributed by atoms with Crippen molar-refractivity contribution in [3.05, 3.63) is 370 Å². The first-order chi connectivity index (χ1) is 67.7. The third-order valence-corrected chi connectivity index (χ3v) is 116. The minimum atomic E-state index is 0.0884. The molecule has 13 unspecified atom stereocenters. The van der Waals surface area contributed by atoms with E-state index in [9.17, 15) is 0 Å². The van der Waals surface area contributed by atoms with Gasteiger partial charge in [-0.2, -0.15) is 0 Å². The van der Waals surface area contributed by atoms with E-state index in [1.165, 1.54) is 228 Å². The van der Waals surface area contributed by atoms with Gasteiger partial charge < -0.3 is 19.3 Å². The Morgan fingerprint density at radius 3 is 0.936 bits per heavy atom. The molecule has 0 aliphatic heterocycles. The van der Waals surface area contributed by atoms with Gasteiger partial charge in [-0.05, 0) is 325 Å². The smallest absolute Gasteiger partial charge is 0.0491 e. The first-order valence-electron chi connectivity index (χ1n) is 51.2. The van der Waals surface area contributed by atoms with E-state index in [0.29, 0.717) is 11.8 Å². The van der Waals surface area contributed by atoms with E-state index in [1.807, 2.05) is 6.08 Å². The summed E-state index contributed by atoms with van der Waals surface area (Å²) in [5.74, 6) is 1.10. The monoisotopic (exact) mass is 2130 g/mol. The second kappa shape index (κ2) is 59.4. The molecule has 15 rings (SSSR count). The van der Waals surface area contributed by atoms with Crippen LogP contribution in [0.5, 0.6) is 0 Å². The summed E-state index contributed by atoms with van der Waals surface area (Å²) in [6.07, 6.45) is 31.5. The molecule has 740 valence electrons. The first kappa shape index (κ1) is 116. The lowest BCUT2D eigenvalue weighted by atomic mass is 9.70. The Balaban J connectivity index is 0.000000177. The minimum absolute atomic E-state index is 0.0884. The van der Waals surface area contributed by atoms with Crippen molar-refractivity contribution in [2.24, 2.45) is 0 Å². The summed E-state index contributed by atoms with van der Waals surface area (Å²) < 4.78 is 2.53. The van der Waals surface area contributed by atoms with Crippen molar-refractivity contribution in [1.29, 1.82) is 0 Å². The topological polar surface area (TPSA) is 14.7 Å². The molecule has 1 heterocycles. The van der Waals surface area contributed by atoms with Gasteiger partial charge in [-0.25, -0.2) is 0 Å². The lowest BCUT2D eigenvalue weighted by Crippen LogP contribution is -2.25. The van der Waals surface area contributed by atoms with Gasteiger partial charge in [-0.1, -0.05) is 380 Å². The molecule has 13 aromatic carbocycles. The Labute approximate surface area is 873 Å². The van der Waals surface area contributed by atoms with E-state index in [-0.39, 0.29) is 47.3 Å². The summed E-state index contributed by atoms with van der Waals surface area (Å²) in [6.45, 7) is 39.3. The Morgan fingerprint density at radius 1 is 0.321 bits per heavy atom. The fourth-order valence-corrected chi connectivity index (χ4v) is 175. The van der Waals surface area contributed by atoms with Gasteiger partial charge in [0, 0.05) is 85.0 Å². The molecule has 0 bridgehead atoms. The number of anilines is 9. The normalized spacial score (nSPS) is 12.8. The van der Waals surface area contributed by atoms with Crippen molar-refractivity contribution in [2.75, 3.05) is 14.7 Å². The molecular weight excluding hydrogens is 1970 g/mol. The van der Waals surface area contributed by atoms with Crippen molar-refractivity contribution in [3.8, 4) is 22.3 Å². The molecule has 0 saturated carbocycles. The molecule has 0 radical (unpaired) electrons. The zero-order chi connectivity index (χ0) is 100. The van der Waals surface area contributed by atoms with E-state index in [2.05, 4.69) is 492 Å². The number of aryl methyl sites for hydroxylation is 9. The molecule has 1 aromatic heterocycles. The number of aromatic nitrogens is 1. The van der Waals surface area contributed by atoms with Crippen LogP contribution in [-0.2, 0) is 12.0 Å². The number of hydrogen-bond acceptors (Lipinski definition) is 3. The van der Waals surface area contributed by atoms with Crippen LogP contribution in [0.3, 0.4) is 0 Å². The molecule has 0 spiro atoms. The Bertz CT molecular complexity index is 5760. The van der Waals surface area contributed by atoms with Crippen LogP contribution in [0.15, 0.2) is 298 Å². The maximum atomic E-state index is 3.88. The van der Waals surface area contributed by atoms with Crippen LogP contribution in [-0.4, -0.2) is 4.57 Å². The number of fused-ring (bicyclic) bond motifs is 6. The number of benzene rings is 13. The van der Waals surface area contributed by atoms with Crippen molar-refractivity contribution >= 4 is 200 Å². The highest BCUT2D eigenvalue weighted by Crippen LogP contribution is 3.22. The van der Waals surface area contributed by atoms with Crippen LogP contribution >= 0.6 is 121 Å². The standard InChI is InChI=1S/C46H48N2.C31H46.C22H21N.C22H29N.H17P15/c1-7-35(5)37-13-25-43(26-14-37)47(41-21-9-33(3)10-22-41)45-29-17-39(18-30-45)40-19-31-46(32-20-40)48(42-23-11-34(4)12-24-42)44-27-15-38(16-28-44)36(6)8-2;1-5-7-9-11-13-15-21-31(22-16-14-12-10-8-6-2)29-23-25(3)17-19-27(29)28-20-18-26(4)24-30(28)31;1-4-19-6-5-7-22(16-19)23(20-12-8-17(2)9-13-20)21-14-10-18(3)11-15-21;1-4-5-6-7-8-9-14-23-21-12-10-17(2)15-19(21)20-16-18(3)11-13-22(20)23;1-9-13(8)15(12(6)7)14(10(2)3)11(4)5/h9-32,35-36H,7-8H2,1-6H3;17-20,23-24H,5-16,21-22H2,1-4H3;4-16H,1H2,2-3H3;10-13,15-16H,4-9,14H2,1-3H3;9H,1-8H2. The minimum Gasteiger partial charge on any atom is -0.340 e. The van der Waals surface area contributed by atoms with Crippen LogP contribution in [0, 0.1) is 55.4 Å². The number of hydrogen-bond donors (Lipinski definition) is 0. The van der Waals surface area contributed by atoms with Gasteiger partial charge in [0.25, 0.3) is 0 Å². The summed E-state index contributed by atoms with van der Waals surface area (Å²) in [4.78, 5) is 6.96. The van der Waals surface area contributed by atoms with Gasteiger partial charge in [0.15, 0.2) is 0 Å². The third kappa shape index (κ3) is 32.6. The number of nitrogens with zero attached hydrogens (tertiary/aromatic N) is 4. The quantitative estimate of drug-likeness (QED) is 0.0280. The molecule has 1 aliphatic carbocycles. The molecule has 13 atom stereocenters. The van der Waals surface area contributed by atoms with E-state index in [1.54, 1.807) is 11.1 Å². The average molecular weight is 2140 g/mol. The fraction of sp³-hybridized carbons (Fsp3) is 0.339. The maximum Gasteiger partial charge on any atom is 0.0491 e. The predicted octanol–water partition coefficient (Wildman–Crippen LogP) is 45.6. The molecular formula is C121H161N4P15. The van der Waals surface area contributed by atoms with E-state index >= 15 is 0 Å². The summed E-state index contributed by atoms with van der Waals surface area (Å²) >= 11 is 0. The highest BCUT2D eigenvalue weighted by atomic mass is 33.3. The summed E-state index contributed by atoms with van der Waals surface area (Å²) in [5.41, 5.74) is 36.5. The van der Waals surface area contributed by atoms with Gasteiger partial charge in [0.2, 0.25) is 0 Å². The molecule has 0 N–H and O–H groups in total. The van der Waals surface area contributed by atoms with Crippen molar-refractivity contribution in [2.45, 2.75) is 269 Å². The van der Waals surface area contributed by atoms with E-state index in [0.717, 1.165) is 84.1 Å². The van der Waals surface area contributed by atoms with E-state index in [4.69, 9.17) is 0 Å². The van der Waals surface area contributed by atoms with Gasteiger partial charge in [0.1, 0.15) is 0 Å². The molecule has 4 nitrogen and oxygen atoms in total. The third-order valence-electron chi connectivity index (χ3n) is 27.4. The summed E-state index contributed by atoms with van der Waals surface area (Å²) in [7, 11) is 25.6. The van der Waals surface area contributed by atoms with Gasteiger partial charge >= 0.3 is 0 Å². The molecule has 0 amide bonds. The zero-order valence-electron chi connectivity index (χ0n) is 86.5. The van der Waals surface area contributed by atoms with Gasteiger partial charge in [0.05, 0.1) is 0 Å². The maximum absolute atomic E-state index is 3.88. The molecule has 0 fully saturated rings. The van der Waals surface area contributed by atoms with Crippen molar-refractivity contribution < 1.29 is 0 Å². The van der Waals surface area contributed by atoms with Crippen LogP contribution in [0.4, 0.5) is 51.2 Å². The van der Waals surface area contributed by atoms with Gasteiger partial charge in [-0.15, -0.1) is 71.4 Å². The van der Waals surface area contributed by atoms with Gasteiger partial charge in [-0.3, -0.25) is 0 Å². The summed E-state index contributed by atoms with van der Waals surface area (Å²) in [6, 6.07) is 108. The second-order valence-corrected chi connectivity index (χ2v) is 94.3. The lowest BCUT2D eigenvalue weighted by Gasteiger charge is -2.38. The SMILES string of the molecule is C=Cc1cccc(N(c2ccc(C)cc2)c2ccc(C)cc2)c1.CCC(C)c1ccc(N(c2ccc(C)cc2)c2ccc(-c3ccc(N(c4ccc(C)cc4)c4ccc(C(C)CC)cc4)cc3)cc2)cc1.CCCCCCCCC1(CCCCCCCC)c2cc(C)ccc2-c2ccc(C)cc21.CCCCCCCCn1c2ccc(C)cc2c2cc(C)ccc21.PPP(P)P(P(P)P)P(P(P)P)P(P)P. The largest absolute Gasteiger partial charge is 0.340 e. The van der Waals surface area contributed by atoms with Crippen molar-refractivity contribution in [1.82, 2.24) is 4.57 Å². The lowest BCUT2D eigenvalue weighted by molar-refractivity contribution is 0.397. The van der Waals surface area contributed by atoms with Crippen LogP contribution in [0.1, 0.15) is 274 Å². The Kier molecular flexibility index (Phi) is 49.1. The van der Waals surface area contributed by atoms with Crippen LogP contribution < -0.4 is 14.7 Å². The highest BCUT2D eigenvalue weighted by molar-refractivity contribution is 9.28. The van der Waals surface area contributed by atoms with Crippen LogP contribution in [0.2, 0.25) is 0 Å². The second-order valence-electron chi connectivity index (χ2n) is 38.4. The molecule has 0 saturated heterocycles. The highest BCUT2D eigenvalue weighted by Gasteiger charge is 2.43. The van der Waals surface area contributed by atoms with Crippen LogP contribution in [0.25, 0.3) is 50.1 Å². The Hall–Kier alpha value is -4.75. The zero-order valence-corrected chi connectivity index (χ0v) is 102. The Morgan fingerprint density at radius 2 is 0.614 bits per heavy atom. The molecule has 14 aromatic rings. The predicted molar refractivity (Wildman–Crippen MR) is 677 cm³/mol. The molecule has 140 heavy (non-hydrogen) atoms. The summed E-state index contributed by atoms with van der Waals surface area (Å²) in [5, 5.41) is 2.82. The average Bonchev–Trinajstić information content (AvgIpc) is 1.56. The number of rotatable bonds is 42. The molecule has 1 aliphatic rings. The fourth-order valence-electron chi connectivity index (χ4n) is 19.0.